The van der Waals surface area contributed by atoms with Gasteiger partial charge in [-0.05, 0) is 54.0 Å². The lowest BCUT2D eigenvalue weighted by molar-refractivity contribution is 0.340. The highest BCUT2D eigenvalue weighted by atomic mass is 16.5. The van der Waals surface area contributed by atoms with Crippen LogP contribution in [0.3, 0.4) is 0 Å². The first-order chi connectivity index (χ1) is 11.0. The molecule has 1 unspecified atom stereocenters. The lowest BCUT2D eigenvalue weighted by atomic mass is 9.85. The smallest absolute Gasteiger partial charge is 0.127 e. The number of anilines is 1. The molecule has 23 heavy (non-hydrogen) atoms. The van der Waals surface area contributed by atoms with Crippen LogP contribution in [-0.2, 0) is 6.42 Å². The van der Waals surface area contributed by atoms with Crippen LogP contribution in [0.1, 0.15) is 66.0 Å². The van der Waals surface area contributed by atoms with Crippen LogP contribution in [0.25, 0.3) is 0 Å². The first-order valence-corrected chi connectivity index (χ1v) is 8.59. The molecule has 2 aromatic rings. The third-order valence-electron chi connectivity index (χ3n) is 5.29. The van der Waals surface area contributed by atoms with Gasteiger partial charge < -0.3 is 10.5 Å². The van der Waals surface area contributed by atoms with Crippen molar-refractivity contribution in [3.05, 3.63) is 57.6 Å². The number of hydrogen-bond acceptors (Lipinski definition) is 2. The Morgan fingerprint density at radius 1 is 1.13 bits per heavy atom. The van der Waals surface area contributed by atoms with Crippen LogP contribution in [0.5, 0.6) is 5.75 Å². The van der Waals surface area contributed by atoms with Crippen molar-refractivity contribution in [2.45, 2.75) is 52.9 Å². The van der Waals surface area contributed by atoms with Gasteiger partial charge in [0.05, 0.1) is 6.61 Å². The lowest BCUT2D eigenvalue weighted by Crippen LogP contribution is -2.06. The first-order valence-electron chi connectivity index (χ1n) is 8.59. The van der Waals surface area contributed by atoms with E-state index in [9.17, 15) is 0 Å². The van der Waals surface area contributed by atoms with E-state index in [0.29, 0.717) is 18.4 Å². The fourth-order valence-corrected chi connectivity index (χ4v) is 3.73. The van der Waals surface area contributed by atoms with E-state index >= 15 is 0 Å². The van der Waals surface area contributed by atoms with Gasteiger partial charge >= 0.3 is 0 Å². The molecule has 3 rings (SSSR count). The molecule has 0 saturated heterocycles. The van der Waals surface area contributed by atoms with Gasteiger partial charge in [-0.3, -0.25) is 0 Å². The second kappa shape index (κ2) is 5.92. The molecular formula is C21H27NO. The molecule has 1 heterocycles. The Bertz CT molecular complexity index is 729. The minimum Gasteiger partial charge on any atom is -0.492 e. The van der Waals surface area contributed by atoms with Gasteiger partial charge in [-0.1, -0.05) is 45.0 Å². The Morgan fingerprint density at radius 3 is 2.35 bits per heavy atom. The summed E-state index contributed by atoms with van der Waals surface area (Å²) in [5, 5.41) is 0. The summed E-state index contributed by atoms with van der Waals surface area (Å²) in [6, 6.07) is 8.98. The van der Waals surface area contributed by atoms with E-state index < -0.39 is 0 Å². The van der Waals surface area contributed by atoms with Crippen LogP contribution in [-0.4, -0.2) is 6.61 Å². The van der Waals surface area contributed by atoms with Crippen molar-refractivity contribution in [2.24, 2.45) is 0 Å². The summed E-state index contributed by atoms with van der Waals surface area (Å²) in [7, 11) is 0. The Hall–Kier alpha value is -1.96. The first kappa shape index (κ1) is 15.9. The highest BCUT2D eigenvalue weighted by Gasteiger charge is 2.31. The number of benzene rings is 2. The van der Waals surface area contributed by atoms with Crippen molar-refractivity contribution in [2.75, 3.05) is 12.3 Å². The average molecular weight is 309 g/mol. The standard InChI is InChI=1S/C21H27NO/c1-6-17-13(4)20(22)14(5)19-18(11-23-21(17)19)16-9-7-15(8-10-16)12(2)3/h7-10,12,18H,6,11,22H2,1-5H3. The largest absolute Gasteiger partial charge is 0.492 e. The monoisotopic (exact) mass is 309 g/mol. The van der Waals surface area contributed by atoms with Crippen molar-refractivity contribution < 1.29 is 4.74 Å². The zero-order valence-electron chi connectivity index (χ0n) is 14.9. The van der Waals surface area contributed by atoms with Crippen LogP contribution in [0.2, 0.25) is 0 Å². The number of rotatable bonds is 3. The van der Waals surface area contributed by atoms with E-state index in [1.54, 1.807) is 0 Å². The minimum atomic E-state index is 0.291. The van der Waals surface area contributed by atoms with Crippen LogP contribution in [0, 0.1) is 13.8 Å². The van der Waals surface area contributed by atoms with Gasteiger partial charge in [-0.2, -0.15) is 0 Å². The molecule has 1 aliphatic rings. The van der Waals surface area contributed by atoms with E-state index in [-0.39, 0.29) is 0 Å². The van der Waals surface area contributed by atoms with Gasteiger partial charge in [0, 0.05) is 17.2 Å². The fraction of sp³-hybridized carbons (Fsp3) is 0.429. The second-order valence-electron chi connectivity index (χ2n) is 6.92. The van der Waals surface area contributed by atoms with Crippen molar-refractivity contribution in [1.29, 1.82) is 0 Å². The highest BCUT2D eigenvalue weighted by Crippen LogP contribution is 2.46. The maximum atomic E-state index is 6.38. The zero-order valence-corrected chi connectivity index (χ0v) is 14.9. The summed E-state index contributed by atoms with van der Waals surface area (Å²) >= 11 is 0. The average Bonchev–Trinajstić information content (AvgIpc) is 2.98. The van der Waals surface area contributed by atoms with Gasteiger partial charge in [0.1, 0.15) is 5.75 Å². The van der Waals surface area contributed by atoms with E-state index in [1.807, 2.05) is 0 Å². The molecule has 2 aromatic carbocycles. The molecule has 1 aliphatic heterocycles. The van der Waals surface area contributed by atoms with Crippen LogP contribution < -0.4 is 10.5 Å². The Balaban J connectivity index is 2.09. The highest BCUT2D eigenvalue weighted by molar-refractivity contribution is 5.68. The molecule has 2 heteroatoms. The molecule has 0 aliphatic carbocycles. The second-order valence-corrected chi connectivity index (χ2v) is 6.92. The van der Waals surface area contributed by atoms with Gasteiger partial charge in [0.2, 0.25) is 0 Å². The van der Waals surface area contributed by atoms with E-state index in [4.69, 9.17) is 10.5 Å². The van der Waals surface area contributed by atoms with Crippen LogP contribution in [0.4, 0.5) is 5.69 Å². The van der Waals surface area contributed by atoms with Gasteiger partial charge in [-0.15, -0.1) is 0 Å². The van der Waals surface area contributed by atoms with E-state index in [0.717, 1.165) is 17.9 Å². The molecule has 0 fully saturated rings. The maximum Gasteiger partial charge on any atom is 0.127 e. The van der Waals surface area contributed by atoms with Crippen molar-refractivity contribution in [1.82, 2.24) is 0 Å². The van der Waals surface area contributed by atoms with Crippen molar-refractivity contribution >= 4 is 5.69 Å². The molecule has 0 amide bonds. The Morgan fingerprint density at radius 2 is 1.78 bits per heavy atom. The number of ether oxygens (including phenoxy) is 1. The zero-order chi connectivity index (χ0) is 16.7. The maximum absolute atomic E-state index is 6.38. The molecule has 0 radical (unpaired) electrons. The summed E-state index contributed by atoms with van der Waals surface area (Å²) in [6.07, 6.45) is 0.956. The van der Waals surface area contributed by atoms with Gasteiger partial charge in [0.15, 0.2) is 0 Å². The minimum absolute atomic E-state index is 0.291. The third-order valence-corrected chi connectivity index (χ3v) is 5.29. The molecule has 0 bridgehead atoms. The van der Waals surface area contributed by atoms with Crippen LogP contribution >= 0.6 is 0 Å². The topological polar surface area (TPSA) is 35.2 Å². The molecule has 2 N–H and O–H groups in total. The molecule has 2 nitrogen and oxygen atoms in total. The number of nitrogen functional groups attached to an aromatic ring is 1. The number of nitrogens with two attached hydrogens (primary N) is 1. The summed E-state index contributed by atoms with van der Waals surface area (Å²) in [5.74, 6) is 1.93. The van der Waals surface area contributed by atoms with E-state index in [2.05, 4.69) is 58.9 Å². The summed E-state index contributed by atoms with van der Waals surface area (Å²) < 4.78 is 6.13. The van der Waals surface area contributed by atoms with Gasteiger partial charge in [0.25, 0.3) is 0 Å². The normalized spacial score (nSPS) is 16.5. The SMILES string of the molecule is CCc1c(C)c(N)c(C)c2c1OCC2c1ccc(C(C)C)cc1. The molecule has 122 valence electrons. The quantitative estimate of drug-likeness (QED) is 0.801. The lowest BCUT2D eigenvalue weighted by Gasteiger charge is -2.18. The third kappa shape index (κ3) is 2.50. The van der Waals surface area contributed by atoms with Crippen LogP contribution in [0.15, 0.2) is 24.3 Å². The van der Waals surface area contributed by atoms with Gasteiger partial charge in [-0.25, -0.2) is 0 Å². The Labute approximate surface area is 139 Å². The molecule has 0 spiro atoms. The predicted molar refractivity (Wildman–Crippen MR) is 97.6 cm³/mol. The molecule has 1 atom stereocenters. The predicted octanol–water partition coefficient (Wildman–Crippen LogP) is 5.10. The number of fused-ring (bicyclic) bond motifs is 1. The summed E-state index contributed by atoms with van der Waals surface area (Å²) in [5.41, 5.74) is 14.9. The number of hydrogen-bond donors (Lipinski definition) is 1. The van der Waals surface area contributed by atoms with Crippen molar-refractivity contribution in [3.8, 4) is 5.75 Å². The summed E-state index contributed by atoms with van der Waals surface area (Å²) in [4.78, 5) is 0. The molecular weight excluding hydrogens is 282 g/mol. The Kier molecular flexibility index (Phi) is 4.09. The fourth-order valence-electron chi connectivity index (χ4n) is 3.73. The van der Waals surface area contributed by atoms with Crippen molar-refractivity contribution in [3.63, 3.8) is 0 Å². The molecule has 0 saturated carbocycles. The molecule has 0 aromatic heterocycles. The van der Waals surface area contributed by atoms with E-state index in [1.165, 1.54) is 33.4 Å². The summed E-state index contributed by atoms with van der Waals surface area (Å²) in [6.45, 7) is 11.6.